The first-order chi connectivity index (χ1) is 12.2. The Morgan fingerprint density at radius 2 is 2.08 bits per heavy atom. The summed E-state index contributed by atoms with van der Waals surface area (Å²) in [7, 11) is 0. The third-order valence-corrected chi connectivity index (χ3v) is 4.09. The molecule has 142 valence electrons. The molecule has 2 heterocycles. The maximum absolute atomic E-state index is 5.89. The van der Waals surface area contributed by atoms with Gasteiger partial charge in [0.15, 0.2) is 5.96 Å². The number of guanidine groups is 1. The SMILES string of the molecule is CCNC(=NCC(c1ccc(C)o1)N1CCOCC1)NCCOCC. The van der Waals surface area contributed by atoms with Gasteiger partial charge in [0.1, 0.15) is 11.5 Å². The second kappa shape index (κ2) is 11.1. The predicted molar refractivity (Wildman–Crippen MR) is 99.1 cm³/mol. The molecule has 0 radical (unpaired) electrons. The van der Waals surface area contributed by atoms with Crippen LogP contribution < -0.4 is 10.6 Å². The summed E-state index contributed by atoms with van der Waals surface area (Å²) in [6, 6.07) is 4.19. The second-order valence-corrected chi connectivity index (χ2v) is 5.96. The number of hydrogen-bond donors (Lipinski definition) is 2. The van der Waals surface area contributed by atoms with E-state index in [1.807, 2.05) is 19.9 Å². The third-order valence-electron chi connectivity index (χ3n) is 4.09. The van der Waals surface area contributed by atoms with Crippen LogP contribution in [0.2, 0.25) is 0 Å². The summed E-state index contributed by atoms with van der Waals surface area (Å²) in [5, 5.41) is 6.59. The van der Waals surface area contributed by atoms with E-state index in [1.54, 1.807) is 0 Å². The first kappa shape index (κ1) is 19.8. The van der Waals surface area contributed by atoms with E-state index in [-0.39, 0.29) is 6.04 Å². The normalized spacial score (nSPS) is 17.5. The molecule has 0 aromatic carbocycles. The van der Waals surface area contributed by atoms with Crippen LogP contribution in [-0.2, 0) is 9.47 Å². The molecule has 1 saturated heterocycles. The number of hydrogen-bond acceptors (Lipinski definition) is 5. The van der Waals surface area contributed by atoms with Gasteiger partial charge in [-0.25, -0.2) is 0 Å². The molecule has 1 aromatic rings. The van der Waals surface area contributed by atoms with Crippen molar-refractivity contribution in [2.75, 3.05) is 59.2 Å². The van der Waals surface area contributed by atoms with Crippen molar-refractivity contribution in [3.8, 4) is 0 Å². The fourth-order valence-corrected chi connectivity index (χ4v) is 2.81. The monoisotopic (exact) mass is 352 g/mol. The molecule has 1 atom stereocenters. The van der Waals surface area contributed by atoms with Gasteiger partial charge in [-0.15, -0.1) is 0 Å². The van der Waals surface area contributed by atoms with Gasteiger partial charge in [0.2, 0.25) is 0 Å². The van der Waals surface area contributed by atoms with Crippen molar-refractivity contribution in [1.29, 1.82) is 0 Å². The summed E-state index contributed by atoms with van der Waals surface area (Å²) < 4.78 is 16.7. The summed E-state index contributed by atoms with van der Waals surface area (Å²) in [5.41, 5.74) is 0. The molecule has 2 N–H and O–H groups in total. The number of morpholine rings is 1. The standard InChI is InChI=1S/C18H32N4O3/c1-4-19-18(20-8-11-23-5-2)21-14-16(17-7-6-15(3)25-17)22-9-12-24-13-10-22/h6-7,16H,4-5,8-14H2,1-3H3,(H2,19,20,21). The van der Waals surface area contributed by atoms with Crippen LogP contribution >= 0.6 is 0 Å². The van der Waals surface area contributed by atoms with Crippen LogP contribution in [0.4, 0.5) is 0 Å². The van der Waals surface area contributed by atoms with E-state index in [2.05, 4.69) is 28.5 Å². The van der Waals surface area contributed by atoms with Crippen LogP contribution in [0.25, 0.3) is 0 Å². The fourth-order valence-electron chi connectivity index (χ4n) is 2.81. The topological polar surface area (TPSA) is 71.3 Å². The Morgan fingerprint density at radius 1 is 1.28 bits per heavy atom. The highest BCUT2D eigenvalue weighted by Gasteiger charge is 2.25. The Balaban J connectivity index is 2.02. The quantitative estimate of drug-likeness (QED) is 0.399. The Morgan fingerprint density at radius 3 is 2.72 bits per heavy atom. The van der Waals surface area contributed by atoms with E-state index in [1.165, 1.54) is 0 Å². The Bertz CT molecular complexity index is 512. The van der Waals surface area contributed by atoms with Gasteiger partial charge in [0, 0.05) is 32.8 Å². The zero-order valence-corrected chi connectivity index (χ0v) is 15.7. The van der Waals surface area contributed by atoms with E-state index < -0.39 is 0 Å². The Hall–Kier alpha value is -1.57. The van der Waals surface area contributed by atoms with Crippen LogP contribution in [0.3, 0.4) is 0 Å². The number of aliphatic imine (C=N–C) groups is 1. The zero-order chi connectivity index (χ0) is 17.9. The van der Waals surface area contributed by atoms with Crippen molar-refractivity contribution < 1.29 is 13.9 Å². The summed E-state index contributed by atoms with van der Waals surface area (Å²) in [6.45, 7) is 12.9. The zero-order valence-electron chi connectivity index (χ0n) is 15.7. The molecule has 1 aromatic heterocycles. The molecule has 7 heteroatoms. The minimum Gasteiger partial charge on any atom is -0.465 e. The molecule has 7 nitrogen and oxygen atoms in total. The first-order valence-electron chi connectivity index (χ1n) is 9.22. The highest BCUT2D eigenvalue weighted by Crippen LogP contribution is 2.24. The van der Waals surface area contributed by atoms with Gasteiger partial charge in [-0.3, -0.25) is 9.89 Å². The van der Waals surface area contributed by atoms with Crippen molar-refractivity contribution in [1.82, 2.24) is 15.5 Å². The van der Waals surface area contributed by atoms with E-state index in [0.29, 0.717) is 13.2 Å². The lowest BCUT2D eigenvalue weighted by Gasteiger charge is -2.32. The molecule has 25 heavy (non-hydrogen) atoms. The van der Waals surface area contributed by atoms with E-state index >= 15 is 0 Å². The van der Waals surface area contributed by atoms with Gasteiger partial charge in [0.25, 0.3) is 0 Å². The van der Waals surface area contributed by atoms with Gasteiger partial charge >= 0.3 is 0 Å². The van der Waals surface area contributed by atoms with Crippen LogP contribution in [0.1, 0.15) is 31.4 Å². The van der Waals surface area contributed by atoms with Gasteiger partial charge in [0.05, 0.1) is 32.4 Å². The number of furan rings is 1. The number of nitrogens with one attached hydrogen (secondary N) is 2. The Kier molecular flexibility index (Phi) is 8.79. The van der Waals surface area contributed by atoms with Crippen LogP contribution in [0.5, 0.6) is 0 Å². The predicted octanol–water partition coefficient (Wildman–Crippen LogP) is 1.55. The van der Waals surface area contributed by atoms with Gasteiger partial charge in [-0.05, 0) is 32.9 Å². The lowest BCUT2D eigenvalue weighted by Crippen LogP contribution is -2.42. The van der Waals surface area contributed by atoms with Crippen LogP contribution in [0.15, 0.2) is 21.5 Å². The fraction of sp³-hybridized carbons (Fsp3) is 0.722. The molecule has 0 spiro atoms. The highest BCUT2D eigenvalue weighted by molar-refractivity contribution is 5.79. The number of aryl methyl sites for hydroxylation is 1. The number of nitrogens with zero attached hydrogens (tertiary/aromatic N) is 2. The van der Waals surface area contributed by atoms with Crippen LogP contribution in [0, 0.1) is 6.92 Å². The van der Waals surface area contributed by atoms with Crippen molar-refractivity contribution in [3.63, 3.8) is 0 Å². The molecule has 1 aliphatic heterocycles. The smallest absolute Gasteiger partial charge is 0.191 e. The maximum atomic E-state index is 5.89. The van der Waals surface area contributed by atoms with E-state index in [4.69, 9.17) is 18.9 Å². The van der Waals surface area contributed by atoms with Crippen LogP contribution in [-0.4, -0.2) is 70.0 Å². The third kappa shape index (κ3) is 6.68. The van der Waals surface area contributed by atoms with E-state index in [0.717, 1.165) is 63.5 Å². The van der Waals surface area contributed by atoms with Crippen molar-refractivity contribution in [2.45, 2.75) is 26.8 Å². The molecule has 0 saturated carbocycles. The largest absolute Gasteiger partial charge is 0.465 e. The average Bonchev–Trinajstić information content (AvgIpc) is 3.06. The summed E-state index contributed by atoms with van der Waals surface area (Å²) in [5.74, 6) is 2.70. The summed E-state index contributed by atoms with van der Waals surface area (Å²) >= 11 is 0. The molecule has 0 aliphatic carbocycles. The molecule has 1 fully saturated rings. The first-order valence-corrected chi connectivity index (χ1v) is 9.22. The molecule has 0 amide bonds. The highest BCUT2D eigenvalue weighted by atomic mass is 16.5. The summed E-state index contributed by atoms with van der Waals surface area (Å²) in [6.07, 6.45) is 0. The maximum Gasteiger partial charge on any atom is 0.191 e. The Labute approximate surface area is 150 Å². The van der Waals surface area contributed by atoms with Gasteiger partial charge in [-0.2, -0.15) is 0 Å². The average molecular weight is 352 g/mol. The molecule has 1 unspecified atom stereocenters. The molecule has 1 aliphatic rings. The lowest BCUT2D eigenvalue weighted by atomic mass is 10.1. The van der Waals surface area contributed by atoms with Crippen molar-refractivity contribution >= 4 is 5.96 Å². The van der Waals surface area contributed by atoms with E-state index in [9.17, 15) is 0 Å². The minimum absolute atomic E-state index is 0.125. The van der Waals surface area contributed by atoms with Crippen molar-refractivity contribution in [3.05, 3.63) is 23.7 Å². The molecular weight excluding hydrogens is 320 g/mol. The number of ether oxygens (including phenoxy) is 2. The lowest BCUT2D eigenvalue weighted by molar-refractivity contribution is 0.0135. The van der Waals surface area contributed by atoms with Gasteiger partial charge < -0.3 is 24.5 Å². The second-order valence-electron chi connectivity index (χ2n) is 5.96. The van der Waals surface area contributed by atoms with Crippen molar-refractivity contribution in [2.24, 2.45) is 4.99 Å². The minimum atomic E-state index is 0.125. The van der Waals surface area contributed by atoms with Gasteiger partial charge in [-0.1, -0.05) is 0 Å². The number of rotatable bonds is 9. The molecule has 2 rings (SSSR count). The molecular formula is C18H32N4O3. The summed E-state index contributed by atoms with van der Waals surface area (Å²) in [4.78, 5) is 7.15. The molecule has 0 bridgehead atoms.